The molecule has 0 saturated carbocycles. The number of ether oxygens (including phenoxy) is 2. The second-order valence-corrected chi connectivity index (χ2v) is 5.94. The van der Waals surface area contributed by atoms with E-state index in [0.29, 0.717) is 0 Å². The van der Waals surface area contributed by atoms with E-state index in [4.69, 9.17) is 9.47 Å². The molecule has 0 aliphatic carbocycles. The van der Waals surface area contributed by atoms with Crippen LogP contribution in [0.15, 0.2) is 25.3 Å². The third-order valence-corrected chi connectivity index (χ3v) is 3.76. The van der Waals surface area contributed by atoms with Gasteiger partial charge in [-0.1, -0.05) is 57.6 Å². The summed E-state index contributed by atoms with van der Waals surface area (Å²) in [5.74, 6) is 0. The zero-order chi connectivity index (χ0) is 16.3. The summed E-state index contributed by atoms with van der Waals surface area (Å²) in [6, 6.07) is 0. The summed E-state index contributed by atoms with van der Waals surface area (Å²) in [5.41, 5.74) is 0. The summed E-state index contributed by atoms with van der Waals surface area (Å²) in [4.78, 5) is 0. The summed E-state index contributed by atoms with van der Waals surface area (Å²) < 4.78 is 11.7. The van der Waals surface area contributed by atoms with Gasteiger partial charge in [0.05, 0.1) is 13.2 Å². The third kappa shape index (κ3) is 15.8. The van der Waals surface area contributed by atoms with E-state index < -0.39 is 0 Å². The third-order valence-electron chi connectivity index (χ3n) is 3.76. The van der Waals surface area contributed by atoms with Crippen molar-refractivity contribution in [2.24, 2.45) is 0 Å². The van der Waals surface area contributed by atoms with Crippen molar-refractivity contribution in [3.05, 3.63) is 25.3 Å². The topological polar surface area (TPSA) is 18.5 Å². The van der Waals surface area contributed by atoms with Crippen LogP contribution in [-0.2, 0) is 9.47 Å². The molecule has 0 bridgehead atoms. The van der Waals surface area contributed by atoms with E-state index in [-0.39, 0.29) is 6.29 Å². The molecule has 2 heteroatoms. The first-order chi connectivity index (χ1) is 10.8. The minimum atomic E-state index is -0.0229. The van der Waals surface area contributed by atoms with E-state index in [9.17, 15) is 0 Å². The van der Waals surface area contributed by atoms with Crippen molar-refractivity contribution in [3.63, 3.8) is 0 Å². The molecule has 0 N–H and O–H groups in total. The molecule has 22 heavy (non-hydrogen) atoms. The van der Waals surface area contributed by atoms with Gasteiger partial charge in [0.25, 0.3) is 0 Å². The lowest BCUT2D eigenvalue weighted by Gasteiger charge is -2.18. The number of unbranched alkanes of at least 4 members (excludes halogenated alkanes) is 8. The molecule has 0 radical (unpaired) electrons. The van der Waals surface area contributed by atoms with Gasteiger partial charge in [-0.25, -0.2) is 0 Å². The lowest BCUT2D eigenvalue weighted by Crippen LogP contribution is -2.18. The standard InChI is InChI=1S/C20H38O2/c1-4-7-10-11-12-13-14-17-20(21-18-15-8-5-2)22-19-16-9-6-3/h5-6,20H,2-4,7-19H2,1H3. The lowest BCUT2D eigenvalue weighted by atomic mass is 10.1. The summed E-state index contributed by atoms with van der Waals surface area (Å²) >= 11 is 0. The quantitative estimate of drug-likeness (QED) is 0.165. The van der Waals surface area contributed by atoms with Gasteiger partial charge >= 0.3 is 0 Å². The van der Waals surface area contributed by atoms with Gasteiger partial charge in [0.1, 0.15) is 0 Å². The molecule has 0 spiro atoms. The number of hydrogen-bond donors (Lipinski definition) is 0. The Labute approximate surface area is 139 Å². The molecule has 130 valence electrons. The van der Waals surface area contributed by atoms with Gasteiger partial charge in [0.15, 0.2) is 6.29 Å². The van der Waals surface area contributed by atoms with Gasteiger partial charge in [0.2, 0.25) is 0 Å². The number of rotatable bonds is 18. The van der Waals surface area contributed by atoms with Gasteiger partial charge in [-0.05, 0) is 38.5 Å². The highest BCUT2D eigenvalue weighted by Crippen LogP contribution is 2.13. The molecule has 0 atom stereocenters. The normalized spacial score (nSPS) is 11.0. The summed E-state index contributed by atoms with van der Waals surface area (Å²) in [6.45, 7) is 11.3. The highest BCUT2D eigenvalue weighted by Gasteiger charge is 2.08. The molecule has 0 heterocycles. The van der Waals surface area contributed by atoms with Gasteiger partial charge in [0, 0.05) is 0 Å². The monoisotopic (exact) mass is 310 g/mol. The van der Waals surface area contributed by atoms with Gasteiger partial charge in [-0.2, -0.15) is 0 Å². The molecule has 0 rings (SSSR count). The first-order valence-electron chi connectivity index (χ1n) is 9.30. The second-order valence-electron chi connectivity index (χ2n) is 5.94. The van der Waals surface area contributed by atoms with E-state index in [2.05, 4.69) is 20.1 Å². The van der Waals surface area contributed by atoms with E-state index in [1.807, 2.05) is 12.2 Å². The molecular formula is C20H38O2. The molecule has 2 nitrogen and oxygen atoms in total. The van der Waals surface area contributed by atoms with Crippen molar-refractivity contribution in [2.45, 2.75) is 90.3 Å². The maximum atomic E-state index is 5.87. The lowest BCUT2D eigenvalue weighted by molar-refractivity contribution is -0.147. The highest BCUT2D eigenvalue weighted by atomic mass is 16.7. The minimum absolute atomic E-state index is 0.0229. The highest BCUT2D eigenvalue weighted by molar-refractivity contribution is 4.66. The van der Waals surface area contributed by atoms with Gasteiger partial charge < -0.3 is 9.47 Å². The predicted octanol–water partition coefficient (Wildman–Crippen LogP) is 6.42. The molecule has 0 aliphatic rings. The van der Waals surface area contributed by atoms with Crippen molar-refractivity contribution >= 4 is 0 Å². The molecule has 0 fully saturated rings. The Hall–Kier alpha value is -0.600. The molecule has 0 unspecified atom stereocenters. The van der Waals surface area contributed by atoms with Crippen LogP contribution in [0.5, 0.6) is 0 Å². The molecular weight excluding hydrogens is 272 g/mol. The molecule has 0 saturated heterocycles. The summed E-state index contributed by atoms with van der Waals surface area (Å²) in [6.07, 6.45) is 18.3. The van der Waals surface area contributed by atoms with Crippen molar-refractivity contribution in [1.29, 1.82) is 0 Å². The average molecular weight is 311 g/mol. The first kappa shape index (κ1) is 21.4. The van der Waals surface area contributed by atoms with Crippen LogP contribution in [-0.4, -0.2) is 19.5 Å². The summed E-state index contributed by atoms with van der Waals surface area (Å²) in [7, 11) is 0. The predicted molar refractivity (Wildman–Crippen MR) is 97.2 cm³/mol. The SMILES string of the molecule is C=CCCCOC(CCCCCCCCC)OCCCC=C. The van der Waals surface area contributed by atoms with Gasteiger partial charge in [-0.3, -0.25) is 0 Å². The zero-order valence-electron chi connectivity index (χ0n) is 14.9. The molecule has 0 aliphatic heterocycles. The van der Waals surface area contributed by atoms with E-state index >= 15 is 0 Å². The Morgan fingerprint density at radius 2 is 1.23 bits per heavy atom. The fraction of sp³-hybridized carbons (Fsp3) is 0.800. The van der Waals surface area contributed by atoms with Crippen molar-refractivity contribution in [1.82, 2.24) is 0 Å². The Balaban J connectivity index is 3.70. The smallest absolute Gasteiger partial charge is 0.157 e. The van der Waals surface area contributed by atoms with Crippen LogP contribution < -0.4 is 0 Å². The van der Waals surface area contributed by atoms with Crippen LogP contribution in [0.1, 0.15) is 84.0 Å². The second kappa shape index (κ2) is 18.4. The first-order valence-corrected chi connectivity index (χ1v) is 9.30. The Morgan fingerprint density at radius 1 is 0.727 bits per heavy atom. The van der Waals surface area contributed by atoms with E-state index in [0.717, 1.165) is 45.3 Å². The maximum Gasteiger partial charge on any atom is 0.157 e. The van der Waals surface area contributed by atoms with E-state index in [1.165, 1.54) is 44.9 Å². The van der Waals surface area contributed by atoms with Crippen molar-refractivity contribution < 1.29 is 9.47 Å². The van der Waals surface area contributed by atoms with Crippen molar-refractivity contribution in [3.8, 4) is 0 Å². The minimum Gasteiger partial charge on any atom is -0.353 e. The Kier molecular flexibility index (Phi) is 17.9. The van der Waals surface area contributed by atoms with Crippen LogP contribution in [0.2, 0.25) is 0 Å². The van der Waals surface area contributed by atoms with Gasteiger partial charge in [-0.15, -0.1) is 13.2 Å². The van der Waals surface area contributed by atoms with Crippen LogP contribution in [0.4, 0.5) is 0 Å². The largest absolute Gasteiger partial charge is 0.353 e. The van der Waals surface area contributed by atoms with Crippen LogP contribution in [0.3, 0.4) is 0 Å². The maximum absolute atomic E-state index is 5.87. The fourth-order valence-corrected chi connectivity index (χ4v) is 2.37. The molecule has 0 aromatic rings. The average Bonchev–Trinajstić information content (AvgIpc) is 2.53. The molecule has 0 amide bonds. The van der Waals surface area contributed by atoms with Crippen LogP contribution in [0, 0.1) is 0 Å². The Bertz CT molecular complexity index is 222. The number of hydrogen-bond acceptors (Lipinski definition) is 2. The Morgan fingerprint density at radius 3 is 1.73 bits per heavy atom. The molecule has 0 aromatic heterocycles. The summed E-state index contributed by atoms with van der Waals surface area (Å²) in [5, 5.41) is 0. The zero-order valence-corrected chi connectivity index (χ0v) is 14.9. The van der Waals surface area contributed by atoms with Crippen LogP contribution in [0.25, 0.3) is 0 Å². The number of allylic oxidation sites excluding steroid dienone is 2. The molecule has 0 aromatic carbocycles. The van der Waals surface area contributed by atoms with Crippen molar-refractivity contribution in [2.75, 3.05) is 13.2 Å². The van der Waals surface area contributed by atoms with Crippen LogP contribution >= 0.6 is 0 Å². The fourth-order valence-electron chi connectivity index (χ4n) is 2.37. The van der Waals surface area contributed by atoms with E-state index in [1.54, 1.807) is 0 Å².